The summed E-state index contributed by atoms with van der Waals surface area (Å²) in [7, 11) is 4.08. The molecule has 2 N–H and O–H groups in total. The molecule has 0 spiro atoms. The molecule has 0 bridgehead atoms. The highest BCUT2D eigenvalue weighted by atomic mass is 16.5. The minimum Gasteiger partial charge on any atom is -0.478 e. The molecule has 0 saturated carbocycles. The SMILES string of the molecule is Cc1c(Nc2c(C#N)cncc2-c2ccc(OCCCN(C)C)nc2)ccc2[nH]ccc12. The van der Waals surface area contributed by atoms with Gasteiger partial charge in [0, 0.05) is 65.1 Å². The minimum atomic E-state index is 0.472. The number of rotatable bonds is 8. The highest BCUT2D eigenvalue weighted by molar-refractivity contribution is 5.91. The monoisotopic (exact) mass is 426 g/mol. The van der Waals surface area contributed by atoms with E-state index in [4.69, 9.17) is 4.74 Å². The summed E-state index contributed by atoms with van der Waals surface area (Å²) in [6.07, 6.45) is 7.94. The Balaban J connectivity index is 1.61. The summed E-state index contributed by atoms with van der Waals surface area (Å²) in [6.45, 7) is 3.65. The average Bonchev–Trinajstić information content (AvgIpc) is 3.29. The molecular formula is C25H26N6O. The molecule has 0 unspecified atom stereocenters. The predicted octanol–water partition coefficient (Wildman–Crippen LogP) is 4.88. The van der Waals surface area contributed by atoms with E-state index in [2.05, 4.69) is 44.2 Å². The molecule has 7 nitrogen and oxygen atoms in total. The van der Waals surface area contributed by atoms with Crippen LogP contribution in [-0.2, 0) is 0 Å². The lowest BCUT2D eigenvalue weighted by Crippen LogP contribution is -2.15. The molecule has 7 heteroatoms. The number of aromatic amines is 1. The quantitative estimate of drug-likeness (QED) is 0.390. The van der Waals surface area contributed by atoms with Crippen molar-refractivity contribution in [3.8, 4) is 23.1 Å². The van der Waals surface area contributed by atoms with Crippen LogP contribution in [0.4, 0.5) is 11.4 Å². The summed E-state index contributed by atoms with van der Waals surface area (Å²) < 4.78 is 5.74. The van der Waals surface area contributed by atoms with Gasteiger partial charge in [-0.25, -0.2) is 4.98 Å². The first-order valence-corrected chi connectivity index (χ1v) is 10.5. The number of aromatic nitrogens is 3. The van der Waals surface area contributed by atoms with Crippen LogP contribution in [0.25, 0.3) is 22.0 Å². The zero-order valence-electron chi connectivity index (χ0n) is 18.5. The van der Waals surface area contributed by atoms with Crippen LogP contribution in [-0.4, -0.2) is 47.1 Å². The molecule has 0 aliphatic heterocycles. The van der Waals surface area contributed by atoms with Crippen LogP contribution in [0.2, 0.25) is 0 Å². The van der Waals surface area contributed by atoms with E-state index >= 15 is 0 Å². The maximum atomic E-state index is 9.71. The van der Waals surface area contributed by atoms with Crippen molar-refractivity contribution in [2.75, 3.05) is 32.6 Å². The maximum absolute atomic E-state index is 9.71. The highest BCUT2D eigenvalue weighted by Crippen LogP contribution is 2.35. The first-order chi connectivity index (χ1) is 15.6. The van der Waals surface area contributed by atoms with E-state index in [1.165, 1.54) is 0 Å². The Kier molecular flexibility index (Phi) is 6.34. The molecule has 4 aromatic rings. The summed E-state index contributed by atoms with van der Waals surface area (Å²) in [5.41, 5.74) is 5.98. The van der Waals surface area contributed by atoms with Gasteiger partial charge in [-0.15, -0.1) is 0 Å². The molecule has 0 radical (unpaired) electrons. The first kappa shape index (κ1) is 21.3. The largest absolute Gasteiger partial charge is 0.478 e. The smallest absolute Gasteiger partial charge is 0.213 e. The molecule has 3 heterocycles. The fraction of sp³-hybridized carbons (Fsp3) is 0.240. The standard InChI is InChI=1S/C25H26N6O/c1-17-20-9-10-28-23(20)7-6-22(17)30-25-19(13-26)14-27-16-21(25)18-5-8-24(29-15-18)32-12-4-11-31(2)3/h5-10,14-16,28H,4,11-12H2,1-3H3,(H,27,30). The van der Waals surface area contributed by atoms with E-state index in [1.54, 1.807) is 18.6 Å². The third-order valence-electron chi connectivity index (χ3n) is 5.38. The van der Waals surface area contributed by atoms with Crippen LogP contribution in [0.15, 0.2) is 55.1 Å². The summed E-state index contributed by atoms with van der Waals surface area (Å²) in [5.74, 6) is 0.583. The number of nitriles is 1. The number of pyridine rings is 2. The van der Waals surface area contributed by atoms with Gasteiger partial charge in [0.25, 0.3) is 0 Å². The molecular weight excluding hydrogens is 400 g/mol. The first-order valence-electron chi connectivity index (χ1n) is 10.5. The Hall–Kier alpha value is -3.89. The van der Waals surface area contributed by atoms with Crippen molar-refractivity contribution in [3.63, 3.8) is 0 Å². The van der Waals surface area contributed by atoms with Gasteiger partial charge in [0.05, 0.1) is 17.9 Å². The zero-order valence-corrected chi connectivity index (χ0v) is 18.5. The van der Waals surface area contributed by atoms with Gasteiger partial charge in [0.2, 0.25) is 5.88 Å². The number of hydrogen-bond acceptors (Lipinski definition) is 6. The van der Waals surface area contributed by atoms with Crippen LogP contribution in [0.5, 0.6) is 5.88 Å². The Morgan fingerprint density at radius 1 is 1.12 bits per heavy atom. The van der Waals surface area contributed by atoms with Gasteiger partial charge >= 0.3 is 0 Å². The molecule has 3 aromatic heterocycles. The molecule has 0 atom stereocenters. The van der Waals surface area contributed by atoms with Crippen molar-refractivity contribution in [3.05, 3.63) is 66.2 Å². The molecule has 162 valence electrons. The lowest BCUT2D eigenvalue weighted by atomic mass is 10.0. The lowest BCUT2D eigenvalue weighted by molar-refractivity contribution is 0.273. The Morgan fingerprint density at radius 3 is 2.75 bits per heavy atom. The normalized spacial score (nSPS) is 11.0. The van der Waals surface area contributed by atoms with Gasteiger partial charge in [-0.05, 0) is 57.3 Å². The van der Waals surface area contributed by atoms with Gasteiger partial charge in [0.1, 0.15) is 6.07 Å². The van der Waals surface area contributed by atoms with Crippen molar-refractivity contribution < 1.29 is 4.74 Å². The third kappa shape index (κ3) is 4.56. The highest BCUT2D eigenvalue weighted by Gasteiger charge is 2.14. The van der Waals surface area contributed by atoms with Gasteiger partial charge in [-0.2, -0.15) is 5.26 Å². The van der Waals surface area contributed by atoms with Gasteiger partial charge in [0.15, 0.2) is 0 Å². The van der Waals surface area contributed by atoms with Crippen molar-refractivity contribution in [2.45, 2.75) is 13.3 Å². The van der Waals surface area contributed by atoms with E-state index in [9.17, 15) is 5.26 Å². The summed E-state index contributed by atoms with van der Waals surface area (Å²) in [4.78, 5) is 14.1. The van der Waals surface area contributed by atoms with Crippen LogP contribution in [0, 0.1) is 18.3 Å². The Bertz CT molecular complexity index is 1250. The Labute approximate surface area is 187 Å². The van der Waals surface area contributed by atoms with Crippen LogP contribution in [0.1, 0.15) is 17.5 Å². The van der Waals surface area contributed by atoms with Crippen LogP contribution >= 0.6 is 0 Å². The number of fused-ring (bicyclic) bond motifs is 1. The average molecular weight is 427 g/mol. The lowest BCUT2D eigenvalue weighted by Gasteiger charge is -2.16. The van der Waals surface area contributed by atoms with Crippen molar-refractivity contribution in [1.82, 2.24) is 19.9 Å². The van der Waals surface area contributed by atoms with E-state index in [-0.39, 0.29) is 0 Å². The van der Waals surface area contributed by atoms with E-state index in [0.29, 0.717) is 23.7 Å². The van der Waals surface area contributed by atoms with E-state index in [0.717, 1.165) is 46.2 Å². The second kappa shape index (κ2) is 9.50. The zero-order chi connectivity index (χ0) is 22.5. The molecule has 0 amide bonds. The number of ether oxygens (including phenoxy) is 1. The van der Waals surface area contributed by atoms with Crippen LogP contribution in [0.3, 0.4) is 0 Å². The number of anilines is 2. The number of nitrogens with one attached hydrogen (secondary N) is 2. The fourth-order valence-corrected chi connectivity index (χ4v) is 3.64. The second-order valence-electron chi connectivity index (χ2n) is 7.91. The number of aryl methyl sites for hydroxylation is 1. The van der Waals surface area contributed by atoms with Gasteiger partial charge < -0.3 is 19.9 Å². The number of H-pyrrole nitrogens is 1. The van der Waals surface area contributed by atoms with Crippen molar-refractivity contribution >= 4 is 22.3 Å². The molecule has 0 saturated heterocycles. The van der Waals surface area contributed by atoms with E-state index in [1.807, 2.05) is 44.6 Å². The Morgan fingerprint density at radius 2 is 2.00 bits per heavy atom. The summed E-state index contributed by atoms with van der Waals surface area (Å²) in [5, 5.41) is 14.3. The molecule has 32 heavy (non-hydrogen) atoms. The maximum Gasteiger partial charge on any atom is 0.213 e. The number of benzene rings is 1. The third-order valence-corrected chi connectivity index (χ3v) is 5.38. The fourth-order valence-electron chi connectivity index (χ4n) is 3.64. The summed E-state index contributed by atoms with van der Waals surface area (Å²) >= 11 is 0. The minimum absolute atomic E-state index is 0.472. The van der Waals surface area contributed by atoms with Gasteiger partial charge in [-0.1, -0.05) is 0 Å². The van der Waals surface area contributed by atoms with Crippen molar-refractivity contribution in [1.29, 1.82) is 5.26 Å². The molecule has 0 fully saturated rings. The van der Waals surface area contributed by atoms with Crippen LogP contribution < -0.4 is 10.1 Å². The number of nitrogens with zero attached hydrogens (tertiary/aromatic N) is 4. The molecule has 0 aliphatic rings. The second-order valence-corrected chi connectivity index (χ2v) is 7.91. The number of hydrogen-bond donors (Lipinski definition) is 2. The van der Waals surface area contributed by atoms with E-state index < -0.39 is 0 Å². The van der Waals surface area contributed by atoms with Crippen molar-refractivity contribution in [2.24, 2.45) is 0 Å². The molecule has 0 aliphatic carbocycles. The topological polar surface area (TPSA) is 89.9 Å². The van der Waals surface area contributed by atoms with Gasteiger partial charge in [-0.3, -0.25) is 4.98 Å². The molecule has 1 aromatic carbocycles. The predicted molar refractivity (Wildman–Crippen MR) is 127 cm³/mol. The molecule has 4 rings (SSSR count). The summed E-state index contributed by atoms with van der Waals surface area (Å²) in [6, 6.07) is 12.1.